The van der Waals surface area contributed by atoms with Crippen LogP contribution in [0.4, 0.5) is 0 Å². The second-order valence-corrected chi connectivity index (χ2v) is 10.3. The molecule has 1 aliphatic heterocycles. The quantitative estimate of drug-likeness (QED) is 0.396. The molecule has 6 nitrogen and oxygen atoms in total. The van der Waals surface area contributed by atoms with Gasteiger partial charge in [-0.2, -0.15) is 0 Å². The van der Waals surface area contributed by atoms with Gasteiger partial charge in [0.05, 0.1) is 17.1 Å². The fourth-order valence-electron chi connectivity index (χ4n) is 3.83. The van der Waals surface area contributed by atoms with Gasteiger partial charge < -0.3 is 15.2 Å². The molecule has 2 heterocycles. The van der Waals surface area contributed by atoms with Gasteiger partial charge in [0.1, 0.15) is 12.2 Å². The molecule has 0 spiro atoms. The molecule has 36 heavy (non-hydrogen) atoms. The predicted molar refractivity (Wildman–Crippen MR) is 147 cm³/mol. The van der Waals surface area contributed by atoms with Crippen molar-refractivity contribution in [1.82, 2.24) is 4.98 Å². The highest BCUT2D eigenvalue weighted by molar-refractivity contribution is 7.09. The van der Waals surface area contributed by atoms with Crippen LogP contribution < -0.4 is 5.73 Å². The first-order valence-corrected chi connectivity index (χ1v) is 13.5. The highest BCUT2D eigenvalue weighted by Crippen LogP contribution is 2.18. The topological polar surface area (TPSA) is 91.5 Å². The van der Waals surface area contributed by atoms with Crippen LogP contribution in [0.25, 0.3) is 0 Å². The normalized spacial score (nSPS) is 26.3. The number of nitrogens with zero attached hydrogens (tertiary/aromatic N) is 1. The molecule has 0 amide bonds. The largest absolute Gasteiger partial charge is 0.462 e. The first-order valence-electron chi connectivity index (χ1n) is 12.6. The minimum atomic E-state index is -0.443. The van der Waals surface area contributed by atoms with E-state index in [1.807, 2.05) is 44.4 Å². The summed E-state index contributed by atoms with van der Waals surface area (Å²) in [6, 6.07) is -0.284. The second-order valence-electron chi connectivity index (χ2n) is 9.39. The van der Waals surface area contributed by atoms with Gasteiger partial charge in [0.15, 0.2) is 0 Å². The summed E-state index contributed by atoms with van der Waals surface area (Å²) < 4.78 is 11.3. The third kappa shape index (κ3) is 11.8. The Hall–Kier alpha value is -2.77. The number of rotatable bonds is 4. The number of esters is 2. The lowest BCUT2D eigenvalue weighted by Crippen LogP contribution is -2.27. The molecule has 0 aromatic carbocycles. The molecule has 7 heteroatoms. The van der Waals surface area contributed by atoms with E-state index in [0.717, 1.165) is 28.3 Å². The Morgan fingerprint density at radius 2 is 1.92 bits per heavy atom. The first-order chi connectivity index (χ1) is 17.1. The number of ether oxygens (including phenoxy) is 2. The molecule has 0 radical (unpaired) electrons. The lowest BCUT2D eigenvalue weighted by molar-refractivity contribution is -0.148. The number of allylic oxidation sites excluding steroid dienone is 7. The Kier molecular flexibility index (Phi) is 12.6. The van der Waals surface area contributed by atoms with Gasteiger partial charge in [0.2, 0.25) is 0 Å². The number of aromatic nitrogens is 1. The average Bonchev–Trinajstić information content (AvgIpc) is 3.22. The van der Waals surface area contributed by atoms with Crippen molar-refractivity contribution in [3.63, 3.8) is 0 Å². The van der Waals surface area contributed by atoms with Crippen LogP contribution in [0.15, 0.2) is 64.6 Å². The molecule has 2 bridgehead atoms. The Morgan fingerprint density at radius 3 is 2.67 bits per heavy atom. The molecule has 3 atom stereocenters. The van der Waals surface area contributed by atoms with Gasteiger partial charge in [-0.05, 0) is 53.0 Å². The van der Waals surface area contributed by atoms with Crippen LogP contribution in [0.2, 0.25) is 0 Å². The molecular formula is C29H40N2O4S. The average molecular weight is 513 g/mol. The molecule has 1 aromatic rings. The predicted octanol–water partition coefficient (Wildman–Crippen LogP) is 5.94. The van der Waals surface area contributed by atoms with E-state index in [0.29, 0.717) is 25.7 Å². The van der Waals surface area contributed by atoms with Crippen molar-refractivity contribution in [1.29, 1.82) is 0 Å². The third-order valence-corrected chi connectivity index (χ3v) is 6.50. The molecule has 196 valence electrons. The smallest absolute Gasteiger partial charge is 0.331 e. The Morgan fingerprint density at radius 1 is 1.17 bits per heavy atom. The van der Waals surface area contributed by atoms with Gasteiger partial charge in [-0.3, -0.25) is 4.79 Å². The van der Waals surface area contributed by atoms with Crippen molar-refractivity contribution in [2.45, 2.75) is 91.4 Å². The summed E-state index contributed by atoms with van der Waals surface area (Å²) in [7, 11) is 0. The number of carbonyl (C=O) groups excluding carboxylic acids is 2. The van der Waals surface area contributed by atoms with Crippen molar-refractivity contribution in [2.75, 3.05) is 0 Å². The molecule has 0 fully saturated rings. The maximum absolute atomic E-state index is 12.6. The third-order valence-electron chi connectivity index (χ3n) is 5.58. The van der Waals surface area contributed by atoms with Crippen LogP contribution in [0, 0.1) is 0 Å². The summed E-state index contributed by atoms with van der Waals surface area (Å²) in [6.07, 6.45) is 16.0. The monoisotopic (exact) mass is 512 g/mol. The Labute approximate surface area is 219 Å². The zero-order valence-corrected chi connectivity index (χ0v) is 23.0. The molecular weight excluding hydrogens is 472 g/mol. The molecule has 2 N–H and O–H groups in total. The number of carbonyl (C=O) groups is 2. The van der Waals surface area contributed by atoms with Gasteiger partial charge in [0.25, 0.3) is 0 Å². The van der Waals surface area contributed by atoms with E-state index in [-0.39, 0.29) is 24.5 Å². The maximum Gasteiger partial charge on any atom is 0.331 e. The number of thiazole rings is 1. The fraction of sp³-hybridized carbons (Fsp3) is 0.483. The number of nitrogens with two attached hydrogens (primary N) is 1. The van der Waals surface area contributed by atoms with E-state index in [9.17, 15) is 9.59 Å². The highest BCUT2D eigenvalue weighted by Gasteiger charge is 2.17. The Balaban J connectivity index is 2.26. The maximum atomic E-state index is 12.6. The van der Waals surface area contributed by atoms with Crippen molar-refractivity contribution in [3.05, 3.63) is 75.3 Å². The minimum absolute atomic E-state index is 0.179. The fourth-order valence-corrected chi connectivity index (χ4v) is 4.70. The molecule has 2 rings (SSSR count). The number of hydrogen-bond donors (Lipinski definition) is 1. The minimum Gasteiger partial charge on any atom is -0.462 e. The van der Waals surface area contributed by atoms with Crippen LogP contribution in [-0.4, -0.2) is 35.2 Å². The Bertz CT molecular complexity index is 1030. The number of hydrogen-bond acceptors (Lipinski definition) is 7. The molecule has 0 saturated heterocycles. The van der Waals surface area contributed by atoms with Gasteiger partial charge >= 0.3 is 11.9 Å². The van der Waals surface area contributed by atoms with E-state index in [4.69, 9.17) is 20.2 Å². The summed E-state index contributed by atoms with van der Waals surface area (Å²) >= 11 is 1.54. The van der Waals surface area contributed by atoms with Gasteiger partial charge in [-0.25, -0.2) is 9.78 Å². The zero-order valence-electron chi connectivity index (χ0n) is 22.2. The van der Waals surface area contributed by atoms with Crippen molar-refractivity contribution >= 4 is 23.3 Å². The van der Waals surface area contributed by atoms with Gasteiger partial charge in [-0.15, -0.1) is 11.3 Å². The molecule has 1 aromatic heterocycles. The van der Waals surface area contributed by atoms with E-state index >= 15 is 0 Å². The van der Waals surface area contributed by atoms with E-state index in [2.05, 4.69) is 26.0 Å². The lowest BCUT2D eigenvalue weighted by Gasteiger charge is -2.15. The molecule has 0 aliphatic carbocycles. The summed E-state index contributed by atoms with van der Waals surface area (Å²) in [4.78, 5) is 29.5. The van der Waals surface area contributed by atoms with E-state index in [1.54, 1.807) is 6.08 Å². The van der Waals surface area contributed by atoms with Crippen LogP contribution in [-0.2, 0) is 31.9 Å². The SMILES string of the molecule is CC/C=C(C)/C=C/C(C)=C/C1Cc2nc(cs2)CCC(N)CC(=O)OC(C)C/C(C)=C/C=C\C(=O)O1. The number of fused-ring (bicyclic) bond motifs is 2. The van der Waals surface area contributed by atoms with Crippen LogP contribution in [0.3, 0.4) is 0 Å². The highest BCUT2D eigenvalue weighted by atomic mass is 32.1. The first kappa shape index (κ1) is 29.5. The standard InChI is InChI=1S/C29H40N2O4S/c1-6-8-20(2)11-12-22(4)16-26-18-27-31-25(19-36-27)14-13-24(30)17-29(33)34-23(5)15-21(3)9-7-10-28(32)35-26/h7-12,16,19,23-24,26H,6,13-15,17-18,30H2,1-5H3/b10-7-,12-11+,20-8+,21-9+,22-16+. The van der Waals surface area contributed by atoms with Crippen LogP contribution in [0.1, 0.15) is 71.0 Å². The van der Waals surface area contributed by atoms with Gasteiger partial charge in [0, 0.05) is 30.3 Å². The van der Waals surface area contributed by atoms with Crippen molar-refractivity contribution < 1.29 is 19.1 Å². The lowest BCUT2D eigenvalue weighted by atomic mass is 10.1. The summed E-state index contributed by atoms with van der Waals surface area (Å²) in [5.74, 6) is -0.711. The molecule has 3 unspecified atom stereocenters. The van der Waals surface area contributed by atoms with E-state index < -0.39 is 12.1 Å². The van der Waals surface area contributed by atoms with Crippen molar-refractivity contribution in [3.8, 4) is 0 Å². The summed E-state index contributed by atoms with van der Waals surface area (Å²) in [6.45, 7) is 9.96. The van der Waals surface area contributed by atoms with Crippen LogP contribution in [0.5, 0.6) is 0 Å². The molecule has 0 saturated carbocycles. The molecule has 1 aliphatic rings. The van der Waals surface area contributed by atoms with E-state index in [1.165, 1.54) is 23.0 Å². The zero-order chi connectivity index (χ0) is 26.5. The van der Waals surface area contributed by atoms with Crippen molar-refractivity contribution in [2.24, 2.45) is 5.73 Å². The van der Waals surface area contributed by atoms with Gasteiger partial charge in [-0.1, -0.05) is 54.0 Å². The summed E-state index contributed by atoms with van der Waals surface area (Å²) in [5, 5.41) is 2.89. The summed E-state index contributed by atoms with van der Waals surface area (Å²) in [5.41, 5.74) is 10.3. The number of aryl methyl sites for hydroxylation is 1. The van der Waals surface area contributed by atoms with Crippen LogP contribution >= 0.6 is 11.3 Å². The second kappa shape index (κ2) is 15.4. The number of cyclic esters (lactones) is 2.